The Balaban J connectivity index is 1.85. The maximum atomic E-state index is 13.5. The smallest absolute Gasteiger partial charge is 0.251 e. The van der Waals surface area contributed by atoms with Crippen molar-refractivity contribution in [2.45, 2.75) is 24.9 Å². The molecule has 0 aliphatic carbocycles. The summed E-state index contributed by atoms with van der Waals surface area (Å²) in [6.07, 6.45) is 0.767. The van der Waals surface area contributed by atoms with Crippen LogP contribution in [0.3, 0.4) is 0 Å². The Hall–Kier alpha value is -4.61. The third-order valence-electron chi connectivity index (χ3n) is 5.53. The fourth-order valence-corrected chi connectivity index (χ4v) is 3.76. The molecule has 0 aliphatic heterocycles. The van der Waals surface area contributed by atoms with Gasteiger partial charge in [-0.25, -0.2) is 0 Å². The largest absolute Gasteiger partial charge is 0.455 e. The summed E-state index contributed by atoms with van der Waals surface area (Å²) in [6.45, 7) is 0.317. The fourth-order valence-electron chi connectivity index (χ4n) is 3.58. The van der Waals surface area contributed by atoms with Crippen LogP contribution in [0.4, 0.5) is 5.69 Å². The van der Waals surface area contributed by atoms with E-state index in [2.05, 4.69) is 15.6 Å². The SMILES string of the molecule is NC(=O)c1ccc(Oc2cccc(Cl)c2)c(NC(=O)[C@@H](NC(=O)[C@@H](N)CCCN=C(N)N)c2ccccc2)c1. The molecule has 10 N–H and O–H groups in total. The monoisotopic (exact) mass is 551 g/mol. The first kappa shape index (κ1) is 29.0. The van der Waals surface area contributed by atoms with Crippen LogP contribution in [0.15, 0.2) is 77.8 Å². The number of rotatable bonds is 12. The lowest BCUT2D eigenvalue weighted by molar-refractivity contribution is -0.127. The summed E-state index contributed by atoms with van der Waals surface area (Å²) in [5, 5.41) is 5.90. The zero-order valence-electron chi connectivity index (χ0n) is 21.0. The number of ether oxygens (including phenoxy) is 1. The molecule has 11 nitrogen and oxygen atoms in total. The molecule has 0 saturated carbocycles. The maximum absolute atomic E-state index is 13.5. The van der Waals surface area contributed by atoms with Crippen molar-refractivity contribution in [1.29, 1.82) is 0 Å². The quantitative estimate of drug-likeness (QED) is 0.113. The minimum absolute atomic E-state index is 0.0482. The van der Waals surface area contributed by atoms with Gasteiger partial charge in [-0.2, -0.15) is 0 Å². The molecular formula is C27H30ClN7O4. The molecule has 3 amide bonds. The van der Waals surface area contributed by atoms with Crippen LogP contribution in [0.1, 0.15) is 34.8 Å². The van der Waals surface area contributed by atoms with E-state index < -0.39 is 29.8 Å². The van der Waals surface area contributed by atoms with E-state index in [0.717, 1.165) is 0 Å². The van der Waals surface area contributed by atoms with Crippen molar-refractivity contribution in [3.8, 4) is 11.5 Å². The summed E-state index contributed by atoms with van der Waals surface area (Å²) in [7, 11) is 0. The minimum atomic E-state index is -1.11. The Morgan fingerprint density at radius 2 is 1.67 bits per heavy atom. The molecule has 0 spiro atoms. The number of nitrogens with two attached hydrogens (primary N) is 4. The number of nitrogens with zero attached hydrogens (tertiary/aromatic N) is 1. The van der Waals surface area contributed by atoms with Gasteiger partial charge in [-0.15, -0.1) is 0 Å². The maximum Gasteiger partial charge on any atom is 0.251 e. The highest BCUT2D eigenvalue weighted by molar-refractivity contribution is 6.30. The molecule has 2 atom stereocenters. The first-order valence-corrected chi connectivity index (χ1v) is 12.4. The van der Waals surface area contributed by atoms with Crippen molar-refractivity contribution in [1.82, 2.24) is 5.32 Å². The number of primary amides is 1. The molecule has 204 valence electrons. The molecule has 0 bridgehead atoms. The molecule has 0 unspecified atom stereocenters. The van der Waals surface area contributed by atoms with Crippen LogP contribution < -0.4 is 38.3 Å². The zero-order chi connectivity index (χ0) is 28.4. The number of guanidine groups is 1. The van der Waals surface area contributed by atoms with Gasteiger partial charge in [-0.1, -0.05) is 48.0 Å². The third-order valence-corrected chi connectivity index (χ3v) is 5.77. The highest BCUT2D eigenvalue weighted by Gasteiger charge is 2.26. The van der Waals surface area contributed by atoms with Crippen molar-refractivity contribution in [2.24, 2.45) is 27.9 Å². The lowest BCUT2D eigenvalue weighted by Gasteiger charge is -2.22. The first-order chi connectivity index (χ1) is 18.6. The number of halogens is 1. The van der Waals surface area contributed by atoms with Crippen LogP contribution >= 0.6 is 11.6 Å². The van der Waals surface area contributed by atoms with Gasteiger partial charge in [0, 0.05) is 17.1 Å². The van der Waals surface area contributed by atoms with E-state index in [1.165, 1.54) is 18.2 Å². The van der Waals surface area contributed by atoms with Gasteiger partial charge in [-0.05, 0) is 54.8 Å². The summed E-state index contributed by atoms with van der Waals surface area (Å²) in [6, 6.07) is 17.6. The second-order valence-electron chi connectivity index (χ2n) is 8.53. The van der Waals surface area contributed by atoms with E-state index >= 15 is 0 Å². The molecule has 3 aromatic rings. The van der Waals surface area contributed by atoms with Crippen LogP contribution in [0.25, 0.3) is 0 Å². The highest BCUT2D eigenvalue weighted by Crippen LogP contribution is 2.32. The molecule has 0 aromatic heterocycles. The van der Waals surface area contributed by atoms with E-state index in [1.807, 2.05) is 0 Å². The van der Waals surface area contributed by atoms with Crippen LogP contribution in [-0.4, -0.2) is 36.3 Å². The summed E-state index contributed by atoms with van der Waals surface area (Å²) >= 11 is 6.06. The van der Waals surface area contributed by atoms with Gasteiger partial charge in [-0.3, -0.25) is 19.4 Å². The van der Waals surface area contributed by atoms with Crippen LogP contribution in [0.2, 0.25) is 5.02 Å². The van der Waals surface area contributed by atoms with E-state index in [1.54, 1.807) is 54.6 Å². The van der Waals surface area contributed by atoms with E-state index in [0.29, 0.717) is 35.7 Å². The lowest BCUT2D eigenvalue weighted by atomic mass is 10.0. The second-order valence-corrected chi connectivity index (χ2v) is 8.97. The van der Waals surface area contributed by atoms with E-state index in [-0.39, 0.29) is 23.0 Å². The number of carbonyl (C=O) groups excluding carboxylic acids is 3. The van der Waals surface area contributed by atoms with Gasteiger partial charge < -0.3 is 38.3 Å². The molecule has 0 radical (unpaired) electrons. The Morgan fingerprint density at radius 3 is 2.33 bits per heavy atom. The van der Waals surface area contributed by atoms with Gasteiger partial charge in [0.15, 0.2) is 11.7 Å². The number of amides is 3. The average molecular weight is 552 g/mol. The highest BCUT2D eigenvalue weighted by atomic mass is 35.5. The molecule has 0 heterocycles. The van der Waals surface area contributed by atoms with E-state index in [4.69, 9.17) is 39.3 Å². The Kier molecular flexibility index (Phi) is 10.2. The summed E-state index contributed by atoms with van der Waals surface area (Å²) in [5.41, 5.74) is 22.9. The van der Waals surface area contributed by atoms with Crippen LogP contribution in [-0.2, 0) is 9.59 Å². The number of hydrogen-bond acceptors (Lipinski definition) is 6. The third kappa shape index (κ3) is 8.73. The number of benzene rings is 3. The topological polar surface area (TPSA) is 201 Å². The molecule has 12 heteroatoms. The normalized spacial score (nSPS) is 12.1. The van der Waals surface area contributed by atoms with Crippen molar-refractivity contribution < 1.29 is 19.1 Å². The van der Waals surface area contributed by atoms with Crippen molar-refractivity contribution in [2.75, 3.05) is 11.9 Å². The first-order valence-electron chi connectivity index (χ1n) is 12.0. The van der Waals surface area contributed by atoms with Crippen molar-refractivity contribution in [3.05, 3.63) is 88.9 Å². The predicted octanol–water partition coefficient (Wildman–Crippen LogP) is 2.41. The van der Waals surface area contributed by atoms with Gasteiger partial charge in [0.05, 0.1) is 11.7 Å². The Bertz CT molecular complexity index is 1350. The minimum Gasteiger partial charge on any atom is -0.455 e. The van der Waals surface area contributed by atoms with Gasteiger partial charge in [0.25, 0.3) is 5.91 Å². The standard InChI is InChI=1S/C27H30ClN7O4/c28-18-8-4-9-19(15-18)39-22-12-11-17(24(30)36)14-21(22)34-26(38)23(16-6-2-1-3-7-16)35-25(37)20(29)10-5-13-33-27(31)32/h1-4,6-9,11-12,14-15,20,23H,5,10,13,29H2,(H2,30,36)(H,34,38)(H,35,37)(H4,31,32,33)/t20-,23-/m0/s1. The molecule has 0 saturated heterocycles. The molecule has 0 fully saturated rings. The zero-order valence-corrected chi connectivity index (χ0v) is 21.7. The van der Waals surface area contributed by atoms with Crippen molar-refractivity contribution in [3.63, 3.8) is 0 Å². The molecule has 39 heavy (non-hydrogen) atoms. The fraction of sp³-hybridized carbons (Fsp3) is 0.185. The molecular weight excluding hydrogens is 522 g/mol. The second kappa shape index (κ2) is 13.8. The van der Waals surface area contributed by atoms with E-state index in [9.17, 15) is 14.4 Å². The number of nitrogens with one attached hydrogen (secondary N) is 2. The predicted molar refractivity (Wildman–Crippen MR) is 150 cm³/mol. The van der Waals surface area contributed by atoms with Crippen molar-refractivity contribution >= 4 is 41.0 Å². The van der Waals surface area contributed by atoms with Gasteiger partial charge in [0.1, 0.15) is 11.8 Å². The number of carbonyl (C=O) groups is 3. The number of aliphatic imine (C=N–C) groups is 1. The van der Waals surface area contributed by atoms with Crippen LogP contribution in [0.5, 0.6) is 11.5 Å². The Labute approximate surface area is 230 Å². The lowest BCUT2D eigenvalue weighted by Crippen LogP contribution is -2.45. The molecule has 3 aromatic carbocycles. The summed E-state index contributed by atoms with van der Waals surface area (Å²) in [5.74, 6) is -1.24. The number of anilines is 1. The molecule has 3 rings (SSSR count). The molecule has 0 aliphatic rings. The van der Waals surface area contributed by atoms with Gasteiger partial charge in [0.2, 0.25) is 11.8 Å². The number of hydrogen-bond donors (Lipinski definition) is 6. The van der Waals surface area contributed by atoms with Crippen LogP contribution in [0, 0.1) is 0 Å². The Morgan fingerprint density at radius 1 is 0.923 bits per heavy atom. The summed E-state index contributed by atoms with van der Waals surface area (Å²) in [4.78, 5) is 42.1. The average Bonchev–Trinajstić information content (AvgIpc) is 2.90. The summed E-state index contributed by atoms with van der Waals surface area (Å²) < 4.78 is 5.92. The van der Waals surface area contributed by atoms with Gasteiger partial charge >= 0.3 is 0 Å².